The largest absolute Gasteiger partial charge is 0.508 e. The maximum absolute atomic E-state index is 9.92. The molecule has 0 amide bonds. The highest BCUT2D eigenvalue weighted by atomic mass is 16.3. The summed E-state index contributed by atoms with van der Waals surface area (Å²) in [6, 6.07) is 8.70. The van der Waals surface area contributed by atoms with Gasteiger partial charge in [0.2, 0.25) is 0 Å². The van der Waals surface area contributed by atoms with E-state index in [0.29, 0.717) is 17.8 Å². The molecule has 0 aromatic heterocycles. The number of phenolic OH excluding ortho intramolecular Hbond substituents is 1. The van der Waals surface area contributed by atoms with Gasteiger partial charge in [0.1, 0.15) is 5.75 Å². The third-order valence-electron chi connectivity index (χ3n) is 5.24. The van der Waals surface area contributed by atoms with Crippen LogP contribution in [0.1, 0.15) is 18.5 Å². The van der Waals surface area contributed by atoms with E-state index in [0.717, 1.165) is 52.4 Å². The van der Waals surface area contributed by atoms with Crippen LogP contribution < -0.4 is 5.32 Å². The molecule has 2 aliphatic rings. The van der Waals surface area contributed by atoms with Gasteiger partial charge >= 0.3 is 0 Å². The molecule has 5 heteroatoms. The number of benzene rings is 1. The minimum Gasteiger partial charge on any atom is -0.508 e. The van der Waals surface area contributed by atoms with Gasteiger partial charge in [0.05, 0.1) is 0 Å². The molecule has 2 fully saturated rings. The van der Waals surface area contributed by atoms with Crippen molar-refractivity contribution in [2.24, 2.45) is 0 Å². The third kappa shape index (κ3) is 4.23. The number of likely N-dealkylation sites (N-methyl/N-ethyl adjacent to an activating group) is 1. The third-order valence-corrected chi connectivity index (χ3v) is 5.24. The van der Waals surface area contributed by atoms with Crippen molar-refractivity contribution in [2.45, 2.75) is 19.0 Å². The Hall–Kier alpha value is -1.14. The summed E-state index contributed by atoms with van der Waals surface area (Å²) in [5.74, 6) is 0.369. The average molecular weight is 318 g/mol. The molecule has 23 heavy (non-hydrogen) atoms. The van der Waals surface area contributed by atoms with Crippen molar-refractivity contribution < 1.29 is 5.11 Å². The van der Waals surface area contributed by atoms with Crippen LogP contribution in [0.5, 0.6) is 5.75 Å². The smallest absolute Gasteiger partial charge is 0.115 e. The van der Waals surface area contributed by atoms with E-state index >= 15 is 0 Å². The standard InChI is InChI=1S/C18H30N4O/c1-15-13-19-6-7-22(15)18(16-4-3-5-17(23)12-16)14-21-10-8-20(2)9-11-21/h3-5,12,15,18-19,23H,6-11,13-14H2,1-2H3. The molecular formula is C18H30N4O. The molecule has 0 radical (unpaired) electrons. The number of piperazine rings is 2. The Morgan fingerprint density at radius 3 is 2.70 bits per heavy atom. The molecule has 2 aliphatic heterocycles. The van der Waals surface area contributed by atoms with E-state index in [1.54, 1.807) is 6.07 Å². The fourth-order valence-corrected chi connectivity index (χ4v) is 3.73. The zero-order valence-corrected chi connectivity index (χ0v) is 14.4. The first-order valence-electron chi connectivity index (χ1n) is 8.80. The number of nitrogens with zero attached hydrogens (tertiary/aromatic N) is 3. The van der Waals surface area contributed by atoms with Crippen LogP contribution in [0.15, 0.2) is 24.3 Å². The lowest BCUT2D eigenvalue weighted by molar-refractivity contribution is 0.0661. The van der Waals surface area contributed by atoms with Gasteiger partial charge in [0, 0.05) is 64.4 Å². The molecular weight excluding hydrogens is 288 g/mol. The Morgan fingerprint density at radius 2 is 2.00 bits per heavy atom. The molecule has 2 N–H and O–H groups in total. The SMILES string of the molecule is CC1CNCCN1C(CN1CCN(C)CC1)c1cccc(O)c1. The van der Waals surface area contributed by atoms with Crippen molar-refractivity contribution in [3.05, 3.63) is 29.8 Å². The maximum atomic E-state index is 9.92. The van der Waals surface area contributed by atoms with Gasteiger partial charge in [-0.3, -0.25) is 9.80 Å². The summed E-state index contributed by atoms with van der Waals surface area (Å²) in [5.41, 5.74) is 1.23. The van der Waals surface area contributed by atoms with Crippen LogP contribution in [0.3, 0.4) is 0 Å². The van der Waals surface area contributed by atoms with Crippen LogP contribution in [-0.2, 0) is 0 Å². The van der Waals surface area contributed by atoms with Crippen LogP contribution in [0.2, 0.25) is 0 Å². The Bertz CT molecular complexity index is 502. The van der Waals surface area contributed by atoms with Crippen LogP contribution in [0, 0.1) is 0 Å². The van der Waals surface area contributed by atoms with Crippen molar-refractivity contribution in [2.75, 3.05) is 59.4 Å². The molecule has 128 valence electrons. The van der Waals surface area contributed by atoms with Crippen molar-refractivity contribution in [3.63, 3.8) is 0 Å². The molecule has 1 aromatic carbocycles. The van der Waals surface area contributed by atoms with Crippen LogP contribution in [0.4, 0.5) is 0 Å². The molecule has 2 atom stereocenters. The van der Waals surface area contributed by atoms with E-state index in [1.165, 1.54) is 5.56 Å². The summed E-state index contributed by atoms with van der Waals surface area (Å²) in [5, 5.41) is 13.4. The van der Waals surface area contributed by atoms with E-state index < -0.39 is 0 Å². The summed E-state index contributed by atoms with van der Waals surface area (Å²) >= 11 is 0. The fourth-order valence-electron chi connectivity index (χ4n) is 3.73. The molecule has 0 aliphatic carbocycles. The normalized spacial score (nSPS) is 26.3. The second-order valence-electron chi connectivity index (χ2n) is 7.01. The van der Waals surface area contributed by atoms with Gasteiger partial charge < -0.3 is 15.3 Å². The molecule has 0 spiro atoms. The lowest BCUT2D eigenvalue weighted by Crippen LogP contribution is -2.54. The first kappa shape index (κ1) is 16.7. The number of rotatable bonds is 4. The van der Waals surface area contributed by atoms with Crippen LogP contribution in [0.25, 0.3) is 0 Å². The van der Waals surface area contributed by atoms with Crippen LogP contribution in [-0.4, -0.2) is 85.3 Å². The number of hydrogen-bond acceptors (Lipinski definition) is 5. The highest BCUT2D eigenvalue weighted by molar-refractivity contribution is 5.30. The molecule has 2 unspecified atom stereocenters. The molecule has 0 saturated carbocycles. The first-order chi connectivity index (χ1) is 11.1. The summed E-state index contributed by atoms with van der Waals surface area (Å²) in [6.07, 6.45) is 0. The zero-order valence-electron chi connectivity index (χ0n) is 14.4. The molecule has 2 heterocycles. The highest BCUT2D eigenvalue weighted by Crippen LogP contribution is 2.27. The highest BCUT2D eigenvalue weighted by Gasteiger charge is 2.29. The molecule has 5 nitrogen and oxygen atoms in total. The van der Waals surface area contributed by atoms with Gasteiger partial charge in [-0.15, -0.1) is 0 Å². The second-order valence-corrected chi connectivity index (χ2v) is 7.01. The van der Waals surface area contributed by atoms with Gasteiger partial charge in [-0.1, -0.05) is 12.1 Å². The average Bonchev–Trinajstić information content (AvgIpc) is 2.55. The van der Waals surface area contributed by atoms with Crippen molar-refractivity contribution >= 4 is 0 Å². The van der Waals surface area contributed by atoms with E-state index in [-0.39, 0.29) is 0 Å². The first-order valence-corrected chi connectivity index (χ1v) is 8.80. The quantitative estimate of drug-likeness (QED) is 0.866. The summed E-state index contributed by atoms with van der Waals surface area (Å²) in [7, 11) is 2.20. The predicted molar refractivity (Wildman–Crippen MR) is 93.8 cm³/mol. The topological polar surface area (TPSA) is 42.0 Å². The Balaban J connectivity index is 1.78. The van der Waals surface area contributed by atoms with Crippen LogP contribution >= 0.6 is 0 Å². The van der Waals surface area contributed by atoms with Gasteiger partial charge in [-0.25, -0.2) is 0 Å². The van der Waals surface area contributed by atoms with E-state index in [1.807, 2.05) is 12.1 Å². The Morgan fingerprint density at radius 1 is 1.22 bits per heavy atom. The predicted octanol–water partition coefficient (Wildman–Crippen LogP) is 0.974. The van der Waals surface area contributed by atoms with Crippen molar-refractivity contribution in [3.8, 4) is 5.75 Å². The van der Waals surface area contributed by atoms with Gasteiger partial charge in [0.15, 0.2) is 0 Å². The zero-order chi connectivity index (χ0) is 16.2. The second kappa shape index (κ2) is 7.62. The molecule has 2 saturated heterocycles. The van der Waals surface area contributed by atoms with E-state index in [2.05, 4.69) is 40.1 Å². The minimum absolute atomic E-state index is 0.350. The van der Waals surface area contributed by atoms with Gasteiger partial charge in [0.25, 0.3) is 0 Å². The van der Waals surface area contributed by atoms with Crippen molar-refractivity contribution in [1.29, 1.82) is 0 Å². The number of phenols is 1. The monoisotopic (exact) mass is 318 g/mol. The minimum atomic E-state index is 0.350. The molecule has 3 rings (SSSR count). The summed E-state index contributed by atoms with van der Waals surface area (Å²) in [4.78, 5) is 7.57. The lowest BCUT2D eigenvalue weighted by atomic mass is 10.0. The Kier molecular flexibility index (Phi) is 5.54. The fraction of sp³-hybridized carbons (Fsp3) is 0.667. The van der Waals surface area contributed by atoms with E-state index in [4.69, 9.17) is 0 Å². The van der Waals surface area contributed by atoms with Gasteiger partial charge in [-0.2, -0.15) is 0 Å². The number of nitrogens with one attached hydrogen (secondary N) is 1. The maximum Gasteiger partial charge on any atom is 0.115 e. The summed E-state index contributed by atoms with van der Waals surface area (Å²) < 4.78 is 0. The van der Waals surface area contributed by atoms with Gasteiger partial charge in [-0.05, 0) is 31.7 Å². The molecule has 1 aromatic rings. The van der Waals surface area contributed by atoms with Crippen molar-refractivity contribution in [1.82, 2.24) is 20.0 Å². The molecule has 0 bridgehead atoms. The Labute approximate surface area is 139 Å². The lowest BCUT2D eigenvalue weighted by Gasteiger charge is -2.43. The summed E-state index contributed by atoms with van der Waals surface area (Å²) in [6.45, 7) is 11.0. The number of aromatic hydroxyl groups is 1. The van der Waals surface area contributed by atoms with E-state index in [9.17, 15) is 5.11 Å². The number of hydrogen-bond donors (Lipinski definition) is 2.